The second-order valence-electron chi connectivity index (χ2n) is 7.87. The van der Waals surface area contributed by atoms with E-state index in [1.54, 1.807) is 6.08 Å². The number of non-ortho nitro benzene ring substituents is 1. The first kappa shape index (κ1) is 23.8. The molecule has 5 rings (SSSR count). The molecule has 0 unspecified atom stereocenters. The number of benzene rings is 4. The average molecular weight is 560 g/mol. The van der Waals surface area contributed by atoms with Crippen molar-refractivity contribution in [3.8, 4) is 5.75 Å². The number of ether oxygens (including phenoxy) is 1. The molecule has 36 heavy (non-hydrogen) atoms. The average Bonchev–Trinajstić information content (AvgIpc) is 3.23. The summed E-state index contributed by atoms with van der Waals surface area (Å²) in [6.45, 7) is 0.456. The quantitative estimate of drug-likeness (QED) is 0.156. The molecule has 0 spiro atoms. The Bertz CT molecular complexity index is 1550. The lowest BCUT2D eigenvalue weighted by atomic mass is 10.1. The maximum absolute atomic E-state index is 12.4. The van der Waals surface area contributed by atoms with E-state index in [1.165, 1.54) is 40.7 Å². The number of fused-ring (bicyclic) bond motifs is 1. The second-order valence-corrected chi connectivity index (χ2v) is 9.76. The lowest BCUT2D eigenvalue weighted by Gasteiger charge is -2.09. The molecule has 0 bridgehead atoms. The number of carbonyl (C=O) groups is 1. The Balaban J connectivity index is 1.26. The highest BCUT2D eigenvalue weighted by atomic mass is 79.9. The predicted molar refractivity (Wildman–Crippen MR) is 146 cm³/mol. The van der Waals surface area contributed by atoms with Gasteiger partial charge in [0.05, 0.1) is 20.0 Å². The Morgan fingerprint density at radius 3 is 2.58 bits per heavy atom. The highest BCUT2D eigenvalue weighted by Crippen LogP contribution is 2.33. The van der Waals surface area contributed by atoms with Gasteiger partial charge in [-0.15, -0.1) is 0 Å². The molecule has 0 radical (unpaired) electrons. The molecule has 1 heterocycles. The largest absolute Gasteiger partial charge is 0.489 e. The standard InChI is InChI=1S/C27H18BrN3O4S/c28-23-15-20(31(33)34)10-13-24(23)29-27-30-26(32)25(36-27)14-17-8-11-21(12-9-17)35-16-19-6-3-5-18-4-1-2-7-22(18)19/h1-15H,16H2,(H,29,30,32)/b25-14+. The van der Waals surface area contributed by atoms with Crippen LogP contribution in [-0.2, 0) is 11.4 Å². The van der Waals surface area contributed by atoms with Gasteiger partial charge in [0.25, 0.3) is 11.6 Å². The number of aliphatic imine (C=N–C) groups is 1. The van der Waals surface area contributed by atoms with Gasteiger partial charge in [-0.25, -0.2) is 4.99 Å². The third-order valence-corrected chi connectivity index (χ3v) is 7.01. The zero-order chi connectivity index (χ0) is 25.1. The first-order valence-electron chi connectivity index (χ1n) is 10.9. The van der Waals surface area contributed by atoms with Crippen LogP contribution in [0.1, 0.15) is 11.1 Å². The molecule has 1 fully saturated rings. The van der Waals surface area contributed by atoms with Gasteiger partial charge in [0.1, 0.15) is 12.4 Å². The Morgan fingerprint density at radius 1 is 1.03 bits per heavy atom. The normalized spacial score (nSPS) is 15.4. The van der Waals surface area contributed by atoms with E-state index >= 15 is 0 Å². The molecule has 9 heteroatoms. The molecular weight excluding hydrogens is 542 g/mol. The minimum Gasteiger partial charge on any atom is -0.489 e. The molecular formula is C27H18BrN3O4S. The van der Waals surface area contributed by atoms with Crippen molar-refractivity contribution in [1.82, 2.24) is 5.32 Å². The maximum Gasteiger partial charge on any atom is 0.270 e. The van der Waals surface area contributed by atoms with Crippen molar-refractivity contribution >= 4 is 67.0 Å². The van der Waals surface area contributed by atoms with E-state index < -0.39 is 4.92 Å². The number of nitrogens with zero attached hydrogens (tertiary/aromatic N) is 2. The van der Waals surface area contributed by atoms with Crippen LogP contribution in [0, 0.1) is 10.1 Å². The number of amidine groups is 1. The van der Waals surface area contributed by atoms with Crippen molar-refractivity contribution in [2.45, 2.75) is 6.61 Å². The molecule has 1 N–H and O–H groups in total. The van der Waals surface area contributed by atoms with Crippen LogP contribution in [-0.4, -0.2) is 16.0 Å². The molecule has 0 atom stereocenters. The number of hydrogen-bond acceptors (Lipinski definition) is 6. The van der Waals surface area contributed by atoms with Gasteiger partial charge in [-0.1, -0.05) is 54.6 Å². The third-order valence-electron chi connectivity index (χ3n) is 5.47. The van der Waals surface area contributed by atoms with E-state index in [4.69, 9.17) is 4.74 Å². The van der Waals surface area contributed by atoms with Crippen LogP contribution >= 0.6 is 27.7 Å². The first-order chi connectivity index (χ1) is 17.5. The molecule has 7 nitrogen and oxygen atoms in total. The molecule has 1 amide bonds. The van der Waals surface area contributed by atoms with Gasteiger partial charge in [0, 0.05) is 12.1 Å². The van der Waals surface area contributed by atoms with Crippen LogP contribution in [0.3, 0.4) is 0 Å². The molecule has 0 aliphatic carbocycles. The molecule has 178 valence electrons. The van der Waals surface area contributed by atoms with Crippen LogP contribution < -0.4 is 10.1 Å². The zero-order valence-corrected chi connectivity index (χ0v) is 21.1. The summed E-state index contributed by atoms with van der Waals surface area (Å²) in [4.78, 5) is 27.8. The van der Waals surface area contributed by atoms with Gasteiger partial charge in [-0.2, -0.15) is 0 Å². The number of nitro groups is 1. The zero-order valence-electron chi connectivity index (χ0n) is 18.7. The molecule has 1 aliphatic heterocycles. The number of amides is 1. The number of nitro benzene ring substituents is 1. The van der Waals surface area contributed by atoms with Crippen molar-refractivity contribution in [3.63, 3.8) is 0 Å². The molecule has 1 saturated heterocycles. The van der Waals surface area contributed by atoms with Crippen LogP contribution in [0.2, 0.25) is 0 Å². The number of thioether (sulfide) groups is 1. The summed E-state index contributed by atoms with van der Waals surface area (Å²) in [6.07, 6.45) is 1.78. The van der Waals surface area contributed by atoms with Crippen LogP contribution in [0.4, 0.5) is 11.4 Å². The first-order valence-corrected chi connectivity index (χ1v) is 12.5. The van der Waals surface area contributed by atoms with Crippen molar-refractivity contribution in [3.05, 3.63) is 116 Å². The molecule has 0 aromatic heterocycles. The van der Waals surface area contributed by atoms with E-state index in [0.717, 1.165) is 16.9 Å². The van der Waals surface area contributed by atoms with Crippen molar-refractivity contribution in [2.24, 2.45) is 4.99 Å². The topological polar surface area (TPSA) is 93.8 Å². The molecule has 1 aliphatic rings. The molecule has 4 aromatic carbocycles. The lowest BCUT2D eigenvalue weighted by Crippen LogP contribution is -2.19. The SMILES string of the molecule is O=C1NC(=Nc2ccc([N+](=O)[O-])cc2Br)S/C1=C/c1ccc(OCc2cccc3ccccc23)cc1. The highest BCUT2D eigenvalue weighted by Gasteiger charge is 2.24. The summed E-state index contributed by atoms with van der Waals surface area (Å²) in [5.74, 6) is 0.479. The fraction of sp³-hybridized carbons (Fsp3) is 0.0370. The van der Waals surface area contributed by atoms with Crippen molar-refractivity contribution in [1.29, 1.82) is 0 Å². The summed E-state index contributed by atoms with van der Waals surface area (Å²) < 4.78 is 6.46. The Morgan fingerprint density at radius 2 is 1.81 bits per heavy atom. The molecule has 0 saturated carbocycles. The van der Waals surface area contributed by atoms with Crippen LogP contribution in [0.5, 0.6) is 5.75 Å². The number of nitrogens with one attached hydrogen (secondary N) is 1. The summed E-state index contributed by atoms with van der Waals surface area (Å²) in [5, 5.41) is 16.4. The van der Waals surface area contributed by atoms with E-state index in [1.807, 2.05) is 42.5 Å². The fourth-order valence-electron chi connectivity index (χ4n) is 3.68. The number of halogens is 1. The van der Waals surface area contributed by atoms with Gasteiger partial charge >= 0.3 is 0 Å². The van der Waals surface area contributed by atoms with Crippen molar-refractivity contribution in [2.75, 3.05) is 0 Å². The Labute approximate surface area is 219 Å². The molecule has 4 aromatic rings. The van der Waals surface area contributed by atoms with Gasteiger partial charge in [-0.05, 0) is 73.9 Å². The Kier molecular flexibility index (Phi) is 6.84. The van der Waals surface area contributed by atoms with Gasteiger partial charge in [0.15, 0.2) is 5.17 Å². The van der Waals surface area contributed by atoms with Gasteiger partial charge in [0.2, 0.25) is 0 Å². The minimum absolute atomic E-state index is 0.0425. The van der Waals surface area contributed by atoms with E-state index in [-0.39, 0.29) is 11.6 Å². The van der Waals surface area contributed by atoms with E-state index in [2.05, 4.69) is 50.5 Å². The predicted octanol–water partition coefficient (Wildman–Crippen LogP) is 6.98. The number of carbonyl (C=O) groups excluding carboxylic acids is 1. The number of rotatable bonds is 6. The Hall–Kier alpha value is -3.95. The van der Waals surface area contributed by atoms with E-state index in [9.17, 15) is 14.9 Å². The van der Waals surface area contributed by atoms with Gasteiger partial charge in [-0.3, -0.25) is 14.9 Å². The fourth-order valence-corrected chi connectivity index (χ4v) is 4.97. The summed E-state index contributed by atoms with van der Waals surface area (Å²) in [5.41, 5.74) is 2.41. The lowest BCUT2D eigenvalue weighted by molar-refractivity contribution is -0.384. The van der Waals surface area contributed by atoms with Crippen LogP contribution in [0.15, 0.2) is 99.3 Å². The third kappa shape index (κ3) is 5.32. The highest BCUT2D eigenvalue weighted by molar-refractivity contribution is 9.10. The van der Waals surface area contributed by atoms with Gasteiger partial charge < -0.3 is 10.1 Å². The van der Waals surface area contributed by atoms with Crippen molar-refractivity contribution < 1.29 is 14.5 Å². The summed E-state index contributed by atoms with van der Waals surface area (Å²) in [7, 11) is 0. The maximum atomic E-state index is 12.4. The van der Waals surface area contributed by atoms with E-state index in [0.29, 0.717) is 26.8 Å². The minimum atomic E-state index is -0.478. The monoisotopic (exact) mass is 559 g/mol. The summed E-state index contributed by atoms with van der Waals surface area (Å²) in [6, 6.07) is 26.2. The second kappa shape index (κ2) is 10.3. The van der Waals surface area contributed by atoms with Crippen LogP contribution in [0.25, 0.3) is 16.8 Å². The number of hydrogen-bond donors (Lipinski definition) is 1. The summed E-state index contributed by atoms with van der Waals surface area (Å²) >= 11 is 4.50. The smallest absolute Gasteiger partial charge is 0.270 e.